The summed E-state index contributed by atoms with van der Waals surface area (Å²) in [7, 11) is 0. The van der Waals surface area contributed by atoms with E-state index in [0.29, 0.717) is 19.0 Å². The van der Waals surface area contributed by atoms with Crippen LogP contribution >= 0.6 is 24.0 Å². The number of nitrogens with zero attached hydrogens (tertiary/aromatic N) is 1. The molecule has 0 amide bonds. The fraction of sp³-hybridized carbons (Fsp3) is 0.917. The van der Waals surface area contributed by atoms with E-state index in [9.17, 15) is 13.2 Å². The quantitative estimate of drug-likeness (QED) is 0.417. The smallest absolute Gasteiger partial charge is 0.373 e. The van der Waals surface area contributed by atoms with Crippen LogP contribution in [-0.4, -0.2) is 44.0 Å². The third-order valence-electron chi connectivity index (χ3n) is 2.92. The van der Waals surface area contributed by atoms with Gasteiger partial charge in [0.1, 0.15) is 0 Å². The Hall–Kier alpha value is -0.250. The van der Waals surface area contributed by atoms with Gasteiger partial charge in [-0.1, -0.05) is 0 Å². The Morgan fingerprint density at radius 2 is 2.05 bits per heavy atom. The second-order valence-electron chi connectivity index (χ2n) is 4.89. The Balaban J connectivity index is 0.00000361. The Labute approximate surface area is 134 Å². The van der Waals surface area contributed by atoms with E-state index in [4.69, 9.17) is 4.74 Å². The summed E-state index contributed by atoms with van der Waals surface area (Å²) in [5, 5.41) is 5.61. The molecule has 1 saturated heterocycles. The average molecular weight is 409 g/mol. The van der Waals surface area contributed by atoms with Crippen molar-refractivity contribution in [1.29, 1.82) is 0 Å². The maximum Gasteiger partial charge on any atom is 0.390 e. The molecule has 1 unspecified atom stereocenters. The molecule has 0 aromatic heterocycles. The predicted octanol–water partition coefficient (Wildman–Crippen LogP) is 2.68. The molecule has 20 heavy (non-hydrogen) atoms. The van der Waals surface area contributed by atoms with Gasteiger partial charge in [0.2, 0.25) is 0 Å². The van der Waals surface area contributed by atoms with Crippen molar-refractivity contribution in [3.63, 3.8) is 0 Å². The predicted molar refractivity (Wildman–Crippen MR) is 83.7 cm³/mol. The van der Waals surface area contributed by atoms with E-state index in [-0.39, 0.29) is 36.1 Å². The van der Waals surface area contributed by atoms with Gasteiger partial charge in [-0.2, -0.15) is 13.2 Å². The van der Waals surface area contributed by atoms with Gasteiger partial charge < -0.3 is 15.4 Å². The van der Waals surface area contributed by atoms with Crippen molar-refractivity contribution in [3.05, 3.63) is 0 Å². The maximum absolute atomic E-state index is 12.1. The molecule has 0 bridgehead atoms. The van der Waals surface area contributed by atoms with Crippen LogP contribution in [0.3, 0.4) is 0 Å². The summed E-state index contributed by atoms with van der Waals surface area (Å²) in [4.78, 5) is 4.29. The van der Waals surface area contributed by atoms with E-state index in [1.807, 2.05) is 13.8 Å². The van der Waals surface area contributed by atoms with Crippen molar-refractivity contribution in [1.82, 2.24) is 10.6 Å². The second-order valence-corrected chi connectivity index (χ2v) is 4.89. The first-order valence-electron chi connectivity index (χ1n) is 6.57. The first kappa shape index (κ1) is 19.8. The van der Waals surface area contributed by atoms with Crippen LogP contribution in [0, 0.1) is 0 Å². The fourth-order valence-electron chi connectivity index (χ4n) is 1.87. The Kier molecular flexibility index (Phi) is 8.80. The van der Waals surface area contributed by atoms with Crippen molar-refractivity contribution in [2.24, 2.45) is 4.99 Å². The molecule has 1 fully saturated rings. The van der Waals surface area contributed by atoms with E-state index in [1.54, 1.807) is 0 Å². The van der Waals surface area contributed by atoms with Crippen LogP contribution in [0.1, 0.15) is 33.1 Å². The molecular weight excluding hydrogens is 386 g/mol. The molecule has 1 heterocycles. The van der Waals surface area contributed by atoms with Gasteiger partial charge in [-0.25, -0.2) is 0 Å². The summed E-state index contributed by atoms with van der Waals surface area (Å²) in [6.45, 7) is 5.46. The second kappa shape index (κ2) is 8.91. The SMILES string of the molecule is CCNC(=NCC1(C)CCCO1)NCCC(F)(F)F.I. The van der Waals surface area contributed by atoms with Crippen molar-refractivity contribution in [2.45, 2.75) is 44.9 Å². The van der Waals surface area contributed by atoms with Crippen LogP contribution < -0.4 is 10.6 Å². The van der Waals surface area contributed by atoms with Crippen LogP contribution in [-0.2, 0) is 4.74 Å². The Morgan fingerprint density at radius 3 is 2.55 bits per heavy atom. The molecule has 2 N–H and O–H groups in total. The third-order valence-corrected chi connectivity index (χ3v) is 2.92. The molecule has 120 valence electrons. The largest absolute Gasteiger partial charge is 0.390 e. The molecule has 1 aliphatic rings. The summed E-state index contributed by atoms with van der Waals surface area (Å²) >= 11 is 0. The summed E-state index contributed by atoms with van der Waals surface area (Å²) in [6, 6.07) is 0. The summed E-state index contributed by atoms with van der Waals surface area (Å²) < 4.78 is 41.8. The molecule has 4 nitrogen and oxygen atoms in total. The first-order chi connectivity index (χ1) is 8.85. The van der Waals surface area contributed by atoms with Crippen LogP contribution in [0.15, 0.2) is 4.99 Å². The number of hydrogen-bond donors (Lipinski definition) is 2. The molecule has 0 radical (unpaired) electrons. The highest BCUT2D eigenvalue weighted by Crippen LogP contribution is 2.25. The van der Waals surface area contributed by atoms with E-state index >= 15 is 0 Å². The van der Waals surface area contributed by atoms with E-state index in [0.717, 1.165) is 19.4 Å². The van der Waals surface area contributed by atoms with Gasteiger partial charge in [0.15, 0.2) is 5.96 Å². The third kappa shape index (κ3) is 8.13. The highest BCUT2D eigenvalue weighted by molar-refractivity contribution is 14.0. The van der Waals surface area contributed by atoms with Gasteiger partial charge in [-0.15, -0.1) is 24.0 Å². The van der Waals surface area contributed by atoms with Gasteiger partial charge in [0.25, 0.3) is 0 Å². The van der Waals surface area contributed by atoms with Gasteiger partial charge in [-0.05, 0) is 26.7 Å². The van der Waals surface area contributed by atoms with E-state index in [2.05, 4.69) is 15.6 Å². The number of nitrogens with one attached hydrogen (secondary N) is 2. The molecule has 1 rings (SSSR count). The normalized spacial score (nSPS) is 23.4. The molecule has 0 aromatic rings. The van der Waals surface area contributed by atoms with Crippen molar-refractivity contribution in [3.8, 4) is 0 Å². The zero-order valence-electron chi connectivity index (χ0n) is 11.8. The van der Waals surface area contributed by atoms with Crippen molar-refractivity contribution >= 4 is 29.9 Å². The summed E-state index contributed by atoms with van der Waals surface area (Å²) in [5.74, 6) is 0.406. The number of aliphatic imine (C=N–C) groups is 1. The molecule has 0 spiro atoms. The molecule has 8 heteroatoms. The number of rotatable bonds is 5. The first-order valence-corrected chi connectivity index (χ1v) is 6.57. The standard InChI is InChI=1S/C12H22F3N3O.HI/c1-3-16-10(17-7-6-12(13,14)15)18-9-11(2)5-4-8-19-11;/h3-9H2,1-2H3,(H2,16,17,18);1H. The average Bonchev–Trinajstić information content (AvgIpc) is 2.72. The van der Waals surface area contributed by atoms with Crippen LogP contribution in [0.5, 0.6) is 0 Å². The molecule has 1 aliphatic heterocycles. The van der Waals surface area contributed by atoms with Crippen LogP contribution in [0.25, 0.3) is 0 Å². The number of hydrogen-bond acceptors (Lipinski definition) is 2. The topological polar surface area (TPSA) is 45.7 Å². The highest BCUT2D eigenvalue weighted by Gasteiger charge is 2.29. The minimum absolute atomic E-state index is 0. The maximum atomic E-state index is 12.1. The number of guanidine groups is 1. The van der Waals surface area contributed by atoms with E-state index < -0.39 is 12.6 Å². The summed E-state index contributed by atoms with van der Waals surface area (Å²) in [5.41, 5.74) is -0.285. The van der Waals surface area contributed by atoms with Crippen LogP contribution in [0.2, 0.25) is 0 Å². The van der Waals surface area contributed by atoms with Gasteiger partial charge in [0, 0.05) is 19.7 Å². The zero-order valence-corrected chi connectivity index (χ0v) is 14.2. The molecule has 0 aliphatic carbocycles. The molecule has 0 saturated carbocycles. The Bertz CT molecular complexity index is 305. The van der Waals surface area contributed by atoms with E-state index in [1.165, 1.54) is 0 Å². The lowest BCUT2D eigenvalue weighted by Crippen LogP contribution is -2.40. The molecule has 1 atom stereocenters. The number of ether oxygens (including phenoxy) is 1. The van der Waals surface area contributed by atoms with Gasteiger partial charge in [0.05, 0.1) is 18.6 Å². The minimum atomic E-state index is -4.15. The van der Waals surface area contributed by atoms with Crippen molar-refractivity contribution in [2.75, 3.05) is 26.2 Å². The monoisotopic (exact) mass is 409 g/mol. The highest BCUT2D eigenvalue weighted by atomic mass is 127. The van der Waals surface area contributed by atoms with Crippen LogP contribution in [0.4, 0.5) is 13.2 Å². The van der Waals surface area contributed by atoms with Gasteiger partial charge >= 0.3 is 6.18 Å². The minimum Gasteiger partial charge on any atom is -0.373 e. The summed E-state index contributed by atoms with van der Waals surface area (Å²) in [6.07, 6.45) is -3.08. The zero-order chi connectivity index (χ0) is 14.4. The molecular formula is C12H23F3IN3O. The number of alkyl halides is 3. The lowest BCUT2D eigenvalue weighted by Gasteiger charge is -2.21. The number of halogens is 4. The van der Waals surface area contributed by atoms with Crippen molar-refractivity contribution < 1.29 is 17.9 Å². The molecule has 0 aromatic carbocycles. The van der Waals surface area contributed by atoms with Gasteiger partial charge in [-0.3, -0.25) is 4.99 Å². The lowest BCUT2D eigenvalue weighted by molar-refractivity contribution is -0.132. The lowest BCUT2D eigenvalue weighted by atomic mass is 10.0. The Morgan fingerprint density at radius 1 is 1.35 bits per heavy atom. The fourth-order valence-corrected chi connectivity index (χ4v) is 1.87.